The Kier molecular flexibility index (Phi) is 12.3. The molecule has 0 radical (unpaired) electrons. The van der Waals surface area contributed by atoms with E-state index in [1.807, 2.05) is 0 Å². The molecule has 0 heterocycles. The van der Waals surface area contributed by atoms with Crippen LogP contribution in [0.2, 0.25) is 0 Å². The zero-order valence-corrected chi connectivity index (χ0v) is 18.2. The summed E-state index contributed by atoms with van der Waals surface area (Å²) >= 11 is 0. The van der Waals surface area contributed by atoms with E-state index in [0.29, 0.717) is 12.2 Å². The molecule has 0 amide bonds. The average molecular weight is 387 g/mol. The summed E-state index contributed by atoms with van der Waals surface area (Å²) in [4.78, 5) is 0. The van der Waals surface area contributed by atoms with Gasteiger partial charge in [0.15, 0.2) is 0 Å². The first kappa shape index (κ1) is 23.2. The first-order valence-electron chi connectivity index (χ1n) is 11.7. The van der Waals surface area contributed by atoms with Crippen molar-refractivity contribution in [3.05, 3.63) is 48.6 Å². The minimum Gasteiger partial charge on any atom is -0.374 e. The Morgan fingerprint density at radius 2 is 0.893 bits per heavy atom. The van der Waals surface area contributed by atoms with Crippen LogP contribution in [0, 0.1) is 11.8 Å². The van der Waals surface area contributed by atoms with Crippen molar-refractivity contribution < 1.29 is 9.47 Å². The fraction of sp³-hybridized carbons (Fsp3) is 0.692. The third-order valence-corrected chi connectivity index (χ3v) is 6.20. The summed E-state index contributed by atoms with van der Waals surface area (Å²) in [6.45, 7) is 5.83. The summed E-state index contributed by atoms with van der Waals surface area (Å²) < 4.78 is 12.1. The number of ether oxygens (including phenoxy) is 2. The molecule has 0 unspecified atom stereocenters. The Bertz CT molecular complexity index is 441. The highest BCUT2D eigenvalue weighted by atomic mass is 16.5. The number of hydrogen-bond donors (Lipinski definition) is 0. The van der Waals surface area contributed by atoms with Crippen molar-refractivity contribution in [1.29, 1.82) is 0 Å². The van der Waals surface area contributed by atoms with Gasteiger partial charge in [-0.2, -0.15) is 0 Å². The third-order valence-electron chi connectivity index (χ3n) is 6.20. The van der Waals surface area contributed by atoms with E-state index < -0.39 is 0 Å². The lowest BCUT2D eigenvalue weighted by molar-refractivity contribution is 0.00196. The summed E-state index contributed by atoms with van der Waals surface area (Å²) in [7, 11) is 0. The van der Waals surface area contributed by atoms with E-state index in [4.69, 9.17) is 9.47 Å². The van der Waals surface area contributed by atoms with Gasteiger partial charge in [-0.25, -0.2) is 0 Å². The largest absolute Gasteiger partial charge is 0.374 e. The zero-order chi connectivity index (χ0) is 19.9. The van der Waals surface area contributed by atoms with Crippen LogP contribution in [0.25, 0.3) is 0 Å². The van der Waals surface area contributed by atoms with Crippen LogP contribution in [0.15, 0.2) is 48.6 Å². The molecular weight excluding hydrogens is 344 g/mol. The molecule has 2 aliphatic carbocycles. The molecule has 2 fully saturated rings. The van der Waals surface area contributed by atoms with Crippen LogP contribution < -0.4 is 0 Å². The lowest BCUT2D eigenvalue weighted by Gasteiger charge is -2.37. The van der Waals surface area contributed by atoms with Crippen molar-refractivity contribution in [2.24, 2.45) is 11.8 Å². The van der Waals surface area contributed by atoms with Gasteiger partial charge < -0.3 is 9.47 Å². The van der Waals surface area contributed by atoms with Crippen molar-refractivity contribution in [3.63, 3.8) is 0 Å². The highest BCUT2D eigenvalue weighted by Crippen LogP contribution is 2.39. The second-order valence-corrected chi connectivity index (χ2v) is 8.27. The van der Waals surface area contributed by atoms with Gasteiger partial charge in [0.1, 0.15) is 0 Å². The SMILES string of the molecule is CC/C=C/C=C/COC1CCC([C@H]2CC[C@H](OC/C=C/C=C/CC)CC2)CC1. The standard InChI is InChI=1S/C26H42O2/c1-3-5-7-9-11-21-27-25-17-13-23(14-18-25)24-15-19-26(20-16-24)28-22-12-10-8-6-4-2/h5-12,23-26H,3-4,13-22H2,1-2H3/b7-5+,8-6+,11-9+,12-10+/t23-,24?,25-,26?. The lowest BCUT2D eigenvalue weighted by atomic mass is 9.72. The van der Waals surface area contributed by atoms with Gasteiger partial charge in [-0.1, -0.05) is 62.5 Å². The fourth-order valence-corrected chi connectivity index (χ4v) is 4.53. The maximum Gasteiger partial charge on any atom is 0.0654 e. The molecule has 2 heteroatoms. The van der Waals surface area contributed by atoms with Gasteiger partial charge >= 0.3 is 0 Å². The number of rotatable bonds is 11. The normalized spacial score (nSPS) is 29.6. The van der Waals surface area contributed by atoms with E-state index in [1.165, 1.54) is 51.4 Å². The molecule has 0 N–H and O–H groups in total. The van der Waals surface area contributed by atoms with Gasteiger partial charge in [0.05, 0.1) is 25.4 Å². The Morgan fingerprint density at radius 1 is 0.536 bits per heavy atom. The second kappa shape index (κ2) is 14.8. The fourth-order valence-electron chi connectivity index (χ4n) is 4.53. The van der Waals surface area contributed by atoms with Crippen LogP contribution in [0.1, 0.15) is 78.1 Å². The minimum absolute atomic E-state index is 0.476. The van der Waals surface area contributed by atoms with Gasteiger partial charge in [0.25, 0.3) is 0 Å². The Balaban J connectivity index is 1.55. The van der Waals surface area contributed by atoms with Crippen molar-refractivity contribution >= 4 is 0 Å². The molecular formula is C26H42O2. The lowest BCUT2D eigenvalue weighted by Crippen LogP contribution is -2.30. The zero-order valence-electron chi connectivity index (χ0n) is 18.2. The van der Waals surface area contributed by atoms with E-state index in [1.54, 1.807) is 0 Å². The predicted molar refractivity (Wildman–Crippen MR) is 121 cm³/mol. The minimum atomic E-state index is 0.476. The molecule has 2 aliphatic rings. The summed E-state index contributed by atoms with van der Waals surface area (Å²) in [5.74, 6) is 1.84. The Morgan fingerprint density at radius 3 is 1.25 bits per heavy atom. The molecule has 0 aromatic heterocycles. The molecule has 0 aromatic rings. The van der Waals surface area contributed by atoms with Gasteiger partial charge in [-0.15, -0.1) is 0 Å². The maximum absolute atomic E-state index is 6.04. The van der Waals surface area contributed by atoms with E-state index in [0.717, 1.165) is 37.9 Å². The number of hydrogen-bond acceptors (Lipinski definition) is 2. The molecule has 0 bridgehead atoms. The van der Waals surface area contributed by atoms with E-state index in [-0.39, 0.29) is 0 Å². The molecule has 0 aromatic carbocycles. The monoisotopic (exact) mass is 386 g/mol. The predicted octanol–water partition coefficient (Wildman–Crippen LogP) is 7.18. The maximum atomic E-state index is 6.04. The van der Waals surface area contributed by atoms with Crippen LogP contribution in [0.4, 0.5) is 0 Å². The Labute approximate surface area is 173 Å². The van der Waals surface area contributed by atoms with Crippen LogP contribution in [-0.4, -0.2) is 25.4 Å². The summed E-state index contributed by atoms with van der Waals surface area (Å²) in [6, 6.07) is 0. The van der Waals surface area contributed by atoms with E-state index >= 15 is 0 Å². The quantitative estimate of drug-likeness (QED) is 0.350. The van der Waals surface area contributed by atoms with Gasteiger partial charge in [0, 0.05) is 0 Å². The average Bonchev–Trinajstić information content (AvgIpc) is 2.74. The molecule has 2 rings (SSSR count). The molecule has 0 atom stereocenters. The van der Waals surface area contributed by atoms with Crippen LogP contribution in [0.5, 0.6) is 0 Å². The van der Waals surface area contributed by atoms with Crippen molar-refractivity contribution in [1.82, 2.24) is 0 Å². The molecule has 2 nitrogen and oxygen atoms in total. The van der Waals surface area contributed by atoms with E-state index in [9.17, 15) is 0 Å². The molecule has 0 spiro atoms. The molecule has 0 aliphatic heterocycles. The summed E-state index contributed by atoms with van der Waals surface area (Å²) in [5.41, 5.74) is 0. The van der Waals surface area contributed by atoms with Gasteiger partial charge in [-0.05, 0) is 76.0 Å². The highest BCUT2D eigenvalue weighted by molar-refractivity contribution is 5.02. The van der Waals surface area contributed by atoms with Crippen LogP contribution >= 0.6 is 0 Å². The highest BCUT2D eigenvalue weighted by Gasteiger charge is 2.31. The topological polar surface area (TPSA) is 18.5 Å². The first-order valence-corrected chi connectivity index (χ1v) is 11.7. The molecule has 28 heavy (non-hydrogen) atoms. The summed E-state index contributed by atoms with van der Waals surface area (Å²) in [5, 5.41) is 0. The molecule has 2 saturated carbocycles. The first-order chi connectivity index (χ1) is 13.8. The molecule has 0 saturated heterocycles. The third kappa shape index (κ3) is 9.39. The summed E-state index contributed by atoms with van der Waals surface area (Å²) in [6.07, 6.45) is 30.6. The Hall–Kier alpha value is -1.12. The van der Waals surface area contributed by atoms with Gasteiger partial charge in [-0.3, -0.25) is 0 Å². The van der Waals surface area contributed by atoms with Crippen molar-refractivity contribution in [3.8, 4) is 0 Å². The number of allylic oxidation sites excluding steroid dienone is 6. The smallest absolute Gasteiger partial charge is 0.0654 e. The van der Waals surface area contributed by atoms with Crippen molar-refractivity contribution in [2.45, 2.75) is 90.3 Å². The second-order valence-electron chi connectivity index (χ2n) is 8.27. The van der Waals surface area contributed by atoms with Gasteiger partial charge in [0.2, 0.25) is 0 Å². The molecule has 158 valence electrons. The van der Waals surface area contributed by atoms with Crippen LogP contribution in [-0.2, 0) is 9.47 Å². The van der Waals surface area contributed by atoms with E-state index in [2.05, 4.69) is 62.5 Å². The van der Waals surface area contributed by atoms with Crippen LogP contribution in [0.3, 0.4) is 0 Å². The van der Waals surface area contributed by atoms with Crippen molar-refractivity contribution in [2.75, 3.05) is 13.2 Å².